The number of aryl methyl sites for hydroxylation is 3. The fourth-order valence-corrected chi connectivity index (χ4v) is 14.2. The minimum absolute atomic E-state index is 0.0124. The van der Waals surface area contributed by atoms with Crippen molar-refractivity contribution in [3.05, 3.63) is 240 Å². The summed E-state index contributed by atoms with van der Waals surface area (Å²) < 4.78 is 21.1. The van der Waals surface area contributed by atoms with E-state index >= 15 is 0 Å². The van der Waals surface area contributed by atoms with Crippen molar-refractivity contribution in [1.82, 2.24) is 64.0 Å². The van der Waals surface area contributed by atoms with Gasteiger partial charge in [0.25, 0.3) is 40.4 Å². The molecule has 0 fully saturated rings. The van der Waals surface area contributed by atoms with Crippen molar-refractivity contribution >= 4 is 92.8 Å². The summed E-state index contributed by atoms with van der Waals surface area (Å²) in [6.07, 6.45) is 2.79. The van der Waals surface area contributed by atoms with E-state index in [1.54, 1.807) is 114 Å². The summed E-state index contributed by atoms with van der Waals surface area (Å²) >= 11 is 0. The molecule has 0 saturated carbocycles. The number of halogens is 1. The van der Waals surface area contributed by atoms with E-state index in [2.05, 4.69) is 54.8 Å². The number of nitro benzene ring substituents is 1. The van der Waals surface area contributed by atoms with E-state index in [1.807, 2.05) is 69.2 Å². The third-order valence-electron chi connectivity index (χ3n) is 20.3. The molecule has 0 radical (unpaired) electrons. The molecule has 33 heteroatoms. The van der Waals surface area contributed by atoms with Crippen molar-refractivity contribution in [2.24, 2.45) is 5.92 Å². The van der Waals surface area contributed by atoms with Gasteiger partial charge in [-0.2, -0.15) is 0 Å². The zero-order valence-electron chi connectivity index (χ0n) is 69.3. The van der Waals surface area contributed by atoms with Crippen LogP contribution in [0.15, 0.2) is 121 Å². The fraction of sp³-hybridized carbons (Fsp3) is 0.256. The van der Waals surface area contributed by atoms with Crippen molar-refractivity contribution in [2.75, 3.05) is 5.73 Å². The number of nitro groups is 1. The number of nitrogens with two attached hydrogens (primary N) is 1. The van der Waals surface area contributed by atoms with Gasteiger partial charge in [-0.15, -0.1) is 0 Å². The first kappa shape index (κ1) is 85.7. The van der Waals surface area contributed by atoms with Crippen LogP contribution in [-0.4, -0.2) is 156 Å². The molecule has 0 unspecified atom stereocenters. The number of ketones is 12. The molecule has 624 valence electrons. The number of non-ortho nitro benzene ring substituents is 1. The van der Waals surface area contributed by atoms with E-state index in [0.29, 0.717) is 150 Å². The van der Waals surface area contributed by atoms with Crippen molar-refractivity contribution in [1.29, 1.82) is 0 Å². The molecule has 18 rings (SSSR count). The lowest BCUT2D eigenvalue weighted by Crippen LogP contribution is -2.32. The number of carbonyl (C=O) groups is 14. The van der Waals surface area contributed by atoms with Crippen LogP contribution in [-0.2, 0) is 29.4 Å². The smallest absolute Gasteiger partial charge is 0.420 e. The highest BCUT2D eigenvalue weighted by atomic mass is 19.1. The van der Waals surface area contributed by atoms with E-state index in [-0.39, 0.29) is 80.1 Å². The first-order valence-corrected chi connectivity index (χ1v) is 39.2. The molecule has 32 nitrogen and oxygen atoms in total. The van der Waals surface area contributed by atoms with Crippen LogP contribution in [0.25, 0.3) is 67.7 Å². The lowest BCUT2D eigenvalue weighted by Gasteiger charge is -2.22. The summed E-state index contributed by atoms with van der Waals surface area (Å²) in [6.45, 7) is 28.0. The molecule has 0 aliphatic heterocycles. The quantitative estimate of drug-likeness (QED) is 0.0428. The summed E-state index contributed by atoms with van der Waals surface area (Å²) in [6, 6.07) is 29.6. The summed E-state index contributed by atoms with van der Waals surface area (Å²) in [7, 11) is 0. The van der Waals surface area contributed by atoms with Gasteiger partial charge in [-0.3, -0.25) is 82.0 Å². The average Bonchev–Trinajstić information content (AvgIpc) is 1.63. The second kappa shape index (κ2) is 32.9. The monoisotopic (exact) mass is 1660 g/mol. The Morgan fingerprint density at radius 2 is 0.813 bits per heavy atom. The number of pyridine rings is 1. The largest absolute Gasteiger partial charge is 0.443 e. The van der Waals surface area contributed by atoms with Gasteiger partial charge in [-0.1, -0.05) is 132 Å². The average molecular weight is 1660 g/mol. The SMILES string of the molecule is CC(C)(C)c1nc2c([nH]1)C(=O)C(=O)c1cccnc1-2.CC(C)C(=O)n1c(C(C)C)nc2c1C(=O)C(=O)c1ccccc1-2.CC(C)c1nc2c(n1C(=O)OC(C)(C)C)C(=O)C(=O)c1ccccc1-2.CCc1nc2c([nH]1)C(=O)C(=O)c1cc(F)ccc1-2.CCc1nc2c([nH]1)C(=O)C(=O)c1cc(N)ccc1-2.CCc1nc2c([nH]1)C(=O)C(=O)c1cc([N+](=O)[O-])ccc1-2. The first-order valence-electron chi connectivity index (χ1n) is 39.2. The number of benzene rings is 5. The van der Waals surface area contributed by atoms with Crippen LogP contribution in [0.3, 0.4) is 0 Å². The Balaban J connectivity index is 0.000000127. The highest BCUT2D eigenvalue weighted by Gasteiger charge is 2.44. The number of nitrogen functional groups attached to an aromatic ring is 1. The molecule has 7 aromatic heterocycles. The molecule has 5 aromatic carbocycles. The predicted molar refractivity (Wildman–Crippen MR) is 444 cm³/mol. The summed E-state index contributed by atoms with van der Waals surface area (Å²) in [5.74, 6) is -5.27. The Labute approximate surface area is 699 Å². The first-order chi connectivity index (χ1) is 58.1. The maximum Gasteiger partial charge on any atom is 0.420 e. The molecular formula is C90H80FN15O17. The topological polar surface area (TPSA) is 481 Å². The zero-order chi connectivity index (χ0) is 89.3. The van der Waals surface area contributed by atoms with Crippen LogP contribution in [0.4, 0.5) is 20.6 Å². The van der Waals surface area contributed by atoms with E-state index in [1.165, 1.54) is 34.9 Å². The Morgan fingerprint density at radius 1 is 0.431 bits per heavy atom. The standard InChI is InChI=1S/C19H20N2O4.C18H18N2O3.C14H13N3O2.C13H9FN2O2.C13H9N3O4.C13H11N3O2/c1-10(2)17-20-13-11-8-6-7-9-12(11)15(22)16(23)14(13)21(17)18(24)25-19(3,4)5;1-9(2)17-19-13-11-7-5-6-8-12(11)15(21)16(22)14(13)20(17)18(23)10(3)4;1-14(2,3)13-16-9-8-7(5-4-6-15-8)11(18)12(19)10(9)17-13;1-2-9-15-10-7-4-3-6(14)5-8(7)12(17)13(18)11(10)16-9;1-2-9-14-10-7-4-3-6(16(19)20)5-8(7)12(17)13(18)11(10)15-9;1-2-9-15-10-7-4-3-6(14)5-8(7)12(17)13(18)11(10)16-9/h6-10H,1-5H3;5-10H,1-4H3;4-6H,1-3H3,(H,16,17);3-5H,2H2,1H3,(H,15,16);3-5H,2H2,1H3,(H,14,15);3-5H,2,14H2,1H3,(H,15,16). The Kier molecular flexibility index (Phi) is 22.9. The third kappa shape index (κ3) is 15.7. The van der Waals surface area contributed by atoms with Gasteiger partial charge < -0.3 is 30.4 Å². The predicted octanol–water partition coefficient (Wildman–Crippen LogP) is 15.0. The maximum absolute atomic E-state index is 13.2. The van der Waals surface area contributed by atoms with Crippen molar-refractivity contribution in [3.8, 4) is 67.7 Å². The van der Waals surface area contributed by atoms with Crippen molar-refractivity contribution in [2.45, 2.75) is 146 Å². The van der Waals surface area contributed by atoms with Gasteiger partial charge in [0.2, 0.25) is 40.6 Å². The number of nitrogens with zero attached hydrogens (tertiary/aromatic N) is 10. The lowest BCUT2D eigenvalue weighted by molar-refractivity contribution is -0.384. The molecule has 6 N–H and O–H groups in total. The number of aromatic amines is 4. The van der Waals surface area contributed by atoms with Gasteiger partial charge in [0.15, 0.2) is 0 Å². The fourth-order valence-electron chi connectivity index (χ4n) is 14.2. The highest BCUT2D eigenvalue weighted by molar-refractivity contribution is 6.56. The molecular weight excluding hydrogens is 1580 g/mol. The second-order valence-corrected chi connectivity index (χ2v) is 32.1. The van der Waals surface area contributed by atoms with Crippen molar-refractivity contribution < 1.29 is 81.2 Å². The molecule has 7 heterocycles. The number of anilines is 1. The number of rotatable bonds is 7. The molecule has 0 amide bonds. The summed E-state index contributed by atoms with van der Waals surface area (Å²) in [4.78, 5) is 224. The zero-order valence-corrected chi connectivity index (χ0v) is 69.3. The van der Waals surface area contributed by atoms with E-state index < -0.39 is 91.8 Å². The number of hydrogen-bond acceptors (Lipinski definition) is 25. The van der Waals surface area contributed by atoms with E-state index in [9.17, 15) is 81.6 Å². The number of fused-ring (bicyclic) bond motifs is 18. The Bertz CT molecular complexity index is 6520. The van der Waals surface area contributed by atoms with Crippen LogP contribution in [0.5, 0.6) is 0 Å². The summed E-state index contributed by atoms with van der Waals surface area (Å²) in [5, 5.41) is 10.8. The third-order valence-corrected chi connectivity index (χ3v) is 20.3. The van der Waals surface area contributed by atoms with Gasteiger partial charge in [0.1, 0.15) is 120 Å². The van der Waals surface area contributed by atoms with Gasteiger partial charge in [0.05, 0.1) is 10.5 Å². The van der Waals surface area contributed by atoms with E-state index in [0.717, 1.165) is 16.7 Å². The molecule has 12 aromatic rings. The minimum atomic E-state index is -0.748. The van der Waals surface area contributed by atoms with Crippen LogP contribution < -0.4 is 5.73 Å². The molecule has 6 aliphatic rings. The van der Waals surface area contributed by atoms with Gasteiger partial charge in [-0.05, 0) is 75.4 Å². The number of H-pyrrole nitrogens is 4. The maximum atomic E-state index is 13.2. The van der Waals surface area contributed by atoms with Crippen LogP contribution in [0.1, 0.15) is 281 Å². The number of hydrogen-bond donors (Lipinski definition) is 5. The summed E-state index contributed by atoms with van der Waals surface area (Å²) in [5.41, 5.74) is 13.3. The minimum Gasteiger partial charge on any atom is -0.443 e. The number of Topliss-reactive ketones (excluding diaryl/α,β-unsaturated/α-hetero) is 12. The molecule has 0 spiro atoms. The van der Waals surface area contributed by atoms with Gasteiger partial charge >= 0.3 is 6.09 Å². The van der Waals surface area contributed by atoms with Crippen LogP contribution >= 0.6 is 0 Å². The molecule has 123 heavy (non-hydrogen) atoms. The van der Waals surface area contributed by atoms with Gasteiger partial charge in [-0.25, -0.2) is 43.7 Å². The molecule has 0 bridgehead atoms. The van der Waals surface area contributed by atoms with Crippen molar-refractivity contribution in [3.63, 3.8) is 0 Å². The molecule has 0 saturated heterocycles. The molecule has 0 atom stereocenters. The molecule has 6 aliphatic carbocycles. The highest BCUT2D eigenvalue weighted by Crippen LogP contribution is 2.41. The van der Waals surface area contributed by atoms with Gasteiger partial charge in [0, 0.05) is 122 Å². The van der Waals surface area contributed by atoms with Crippen LogP contribution in [0.2, 0.25) is 0 Å². The second-order valence-electron chi connectivity index (χ2n) is 32.1. The Hall–Kier alpha value is -15.2. The normalized spacial score (nSPS) is 13.6. The number of carbonyl (C=O) groups excluding carboxylic acids is 14. The number of imidazole rings is 6. The number of ether oxygens (including phenoxy) is 1. The number of nitrogens with one attached hydrogen (secondary N) is 4. The number of aromatic nitrogens is 13. The lowest BCUT2D eigenvalue weighted by atomic mass is 9.90. The Morgan fingerprint density at radius 3 is 1.24 bits per heavy atom. The van der Waals surface area contributed by atoms with E-state index in [4.69, 9.17) is 10.5 Å². The van der Waals surface area contributed by atoms with Crippen LogP contribution in [0, 0.1) is 21.8 Å².